The quantitative estimate of drug-likeness (QED) is 0.320. The molecule has 0 spiro atoms. The van der Waals surface area contributed by atoms with Gasteiger partial charge in [0, 0.05) is 23.8 Å². The Hall–Kier alpha value is -2.34. The first-order chi connectivity index (χ1) is 18.3. The van der Waals surface area contributed by atoms with Crippen LogP contribution in [0.3, 0.4) is 0 Å². The maximum Gasteiger partial charge on any atom is 0.261 e. The number of aryl methyl sites for hydroxylation is 1. The van der Waals surface area contributed by atoms with Gasteiger partial charge in [-0.15, -0.1) is 0 Å². The maximum atomic E-state index is 13.0. The number of hydrogen-bond donors (Lipinski definition) is 2. The Morgan fingerprint density at radius 2 is 1.67 bits per heavy atom. The molecule has 0 bridgehead atoms. The van der Waals surface area contributed by atoms with Crippen LogP contribution in [0.2, 0.25) is 15.1 Å². The van der Waals surface area contributed by atoms with Gasteiger partial charge >= 0.3 is 0 Å². The molecule has 1 saturated heterocycles. The highest BCUT2D eigenvalue weighted by Gasteiger charge is 2.32. The van der Waals surface area contributed by atoms with E-state index in [0.29, 0.717) is 51.9 Å². The Morgan fingerprint density at radius 3 is 2.36 bits per heavy atom. The summed E-state index contributed by atoms with van der Waals surface area (Å²) in [6.45, 7) is 2.13. The predicted molar refractivity (Wildman–Crippen MR) is 155 cm³/mol. The van der Waals surface area contributed by atoms with Crippen molar-refractivity contribution in [2.75, 3.05) is 23.1 Å². The largest absolute Gasteiger partial charge is 0.326 e. The van der Waals surface area contributed by atoms with Crippen LogP contribution in [-0.4, -0.2) is 40.1 Å². The van der Waals surface area contributed by atoms with Crippen molar-refractivity contribution >= 4 is 72.1 Å². The van der Waals surface area contributed by atoms with Gasteiger partial charge in [0.05, 0.1) is 32.3 Å². The normalized spacial score (nSPS) is 16.6. The van der Waals surface area contributed by atoms with E-state index < -0.39 is 26.0 Å². The molecule has 3 aromatic rings. The van der Waals surface area contributed by atoms with Crippen molar-refractivity contribution in [1.29, 1.82) is 0 Å². The van der Waals surface area contributed by atoms with Gasteiger partial charge < -0.3 is 5.32 Å². The molecule has 1 fully saturated rings. The zero-order valence-corrected chi connectivity index (χ0v) is 24.7. The van der Waals surface area contributed by atoms with Crippen LogP contribution in [0.5, 0.6) is 0 Å². The highest BCUT2D eigenvalue weighted by molar-refractivity contribution is 7.92. The molecule has 8 nitrogen and oxygen atoms in total. The van der Waals surface area contributed by atoms with Gasteiger partial charge in [-0.3, -0.25) is 9.52 Å². The second-order valence-electron chi connectivity index (χ2n) is 9.28. The molecule has 0 radical (unpaired) electrons. The molecule has 1 aliphatic heterocycles. The van der Waals surface area contributed by atoms with Crippen LogP contribution in [0.1, 0.15) is 24.0 Å². The van der Waals surface area contributed by atoms with Gasteiger partial charge in [-0.1, -0.05) is 46.9 Å². The minimum atomic E-state index is -3.88. The number of nitrogens with zero attached hydrogens (tertiary/aromatic N) is 1. The maximum absolute atomic E-state index is 13.0. The van der Waals surface area contributed by atoms with Crippen molar-refractivity contribution in [2.45, 2.75) is 30.4 Å². The zero-order valence-electron chi connectivity index (χ0n) is 20.8. The van der Waals surface area contributed by atoms with Crippen LogP contribution >= 0.6 is 34.8 Å². The summed E-state index contributed by atoms with van der Waals surface area (Å²) in [4.78, 5) is 13.0. The van der Waals surface area contributed by atoms with E-state index >= 15 is 0 Å². The highest BCUT2D eigenvalue weighted by atomic mass is 35.5. The van der Waals surface area contributed by atoms with Crippen molar-refractivity contribution < 1.29 is 21.6 Å². The van der Waals surface area contributed by atoms with Crippen molar-refractivity contribution in [3.05, 3.63) is 86.9 Å². The number of amides is 1. The number of carbonyl (C=O) groups excluding carboxylic acids is 1. The van der Waals surface area contributed by atoms with Crippen molar-refractivity contribution in [3.8, 4) is 0 Å². The standard InChI is InChI=1S/C26H26Cl3N3O5S2/c1-17-4-6-20(27)14-25(17)31-39(36,37)22-9-7-21(8-10-22)30-26(33)19-3-2-12-32(15-19)38(34,35)16-18-5-11-23(28)24(29)13-18/h4-11,13-14,19,31H,2-3,12,15-16H2,1H3,(H,30,33)/t19-/m0/s1. The third kappa shape index (κ3) is 7.45. The molecule has 0 aromatic heterocycles. The molecular formula is C26H26Cl3N3O5S2. The first kappa shape index (κ1) is 29.6. The molecule has 1 amide bonds. The van der Waals surface area contributed by atoms with Gasteiger partial charge in [0.2, 0.25) is 15.9 Å². The fourth-order valence-electron chi connectivity index (χ4n) is 4.21. The van der Waals surface area contributed by atoms with Crippen LogP contribution in [0, 0.1) is 12.8 Å². The molecule has 208 valence electrons. The third-order valence-corrected chi connectivity index (χ3v) is 10.5. The number of piperidine rings is 1. The van der Waals surface area contributed by atoms with Crippen LogP contribution in [0.25, 0.3) is 0 Å². The molecule has 13 heteroatoms. The number of sulfonamides is 2. The topological polar surface area (TPSA) is 113 Å². The van der Waals surface area contributed by atoms with Crippen molar-refractivity contribution in [3.63, 3.8) is 0 Å². The average Bonchev–Trinajstić information content (AvgIpc) is 2.88. The van der Waals surface area contributed by atoms with Crippen LogP contribution in [0.15, 0.2) is 65.6 Å². The number of halogens is 3. The number of anilines is 2. The number of benzene rings is 3. The van der Waals surface area contributed by atoms with E-state index in [1.165, 1.54) is 40.7 Å². The number of hydrogen-bond acceptors (Lipinski definition) is 5. The second-order valence-corrected chi connectivity index (χ2v) is 14.2. The fourth-order valence-corrected chi connectivity index (χ4v) is 7.42. The van der Waals surface area contributed by atoms with E-state index in [1.807, 2.05) is 0 Å². The number of rotatable bonds is 8. The van der Waals surface area contributed by atoms with Crippen LogP contribution in [-0.2, 0) is 30.6 Å². The third-order valence-electron chi connectivity index (χ3n) is 6.36. The molecule has 2 N–H and O–H groups in total. The second kappa shape index (κ2) is 12.0. The lowest BCUT2D eigenvalue weighted by Crippen LogP contribution is -2.44. The van der Waals surface area contributed by atoms with Gasteiger partial charge in [-0.05, 0) is 79.4 Å². The lowest BCUT2D eigenvalue weighted by atomic mass is 9.99. The summed E-state index contributed by atoms with van der Waals surface area (Å²) < 4.78 is 55.5. The first-order valence-corrected chi connectivity index (χ1v) is 16.2. The van der Waals surface area contributed by atoms with E-state index in [-0.39, 0.29) is 28.1 Å². The highest BCUT2D eigenvalue weighted by Crippen LogP contribution is 2.27. The van der Waals surface area contributed by atoms with Gasteiger partial charge in [-0.2, -0.15) is 0 Å². The molecular weight excluding hydrogens is 605 g/mol. The minimum Gasteiger partial charge on any atom is -0.326 e. The summed E-state index contributed by atoms with van der Waals surface area (Å²) in [7, 11) is -7.57. The molecule has 4 rings (SSSR count). The smallest absolute Gasteiger partial charge is 0.261 e. The molecule has 1 aliphatic rings. The fraction of sp³-hybridized carbons (Fsp3) is 0.269. The molecule has 0 saturated carbocycles. The lowest BCUT2D eigenvalue weighted by molar-refractivity contribution is -0.120. The predicted octanol–water partition coefficient (Wildman–Crippen LogP) is 5.94. The number of carbonyl (C=O) groups is 1. The minimum absolute atomic E-state index is 0.0112. The van der Waals surface area contributed by atoms with Gasteiger partial charge in [-0.25, -0.2) is 21.1 Å². The van der Waals surface area contributed by atoms with E-state index in [4.69, 9.17) is 34.8 Å². The molecule has 3 aromatic carbocycles. The van der Waals surface area contributed by atoms with Gasteiger partial charge in [0.15, 0.2) is 0 Å². The molecule has 39 heavy (non-hydrogen) atoms. The van der Waals surface area contributed by atoms with Gasteiger partial charge in [0.25, 0.3) is 10.0 Å². The van der Waals surface area contributed by atoms with E-state index in [9.17, 15) is 21.6 Å². The van der Waals surface area contributed by atoms with E-state index in [0.717, 1.165) is 0 Å². The zero-order chi connectivity index (χ0) is 28.4. The van der Waals surface area contributed by atoms with E-state index in [1.54, 1.807) is 31.2 Å². The Morgan fingerprint density at radius 1 is 0.949 bits per heavy atom. The van der Waals surface area contributed by atoms with E-state index in [2.05, 4.69) is 10.0 Å². The van der Waals surface area contributed by atoms with Crippen molar-refractivity contribution in [2.24, 2.45) is 5.92 Å². The van der Waals surface area contributed by atoms with Crippen LogP contribution < -0.4 is 10.0 Å². The Labute approximate surface area is 243 Å². The van der Waals surface area contributed by atoms with Gasteiger partial charge in [0.1, 0.15) is 0 Å². The summed E-state index contributed by atoms with van der Waals surface area (Å²) in [5, 5.41) is 3.78. The number of nitrogens with one attached hydrogen (secondary N) is 2. The Balaban J connectivity index is 1.39. The molecule has 0 unspecified atom stereocenters. The monoisotopic (exact) mass is 629 g/mol. The summed E-state index contributed by atoms with van der Waals surface area (Å²) >= 11 is 17.9. The summed E-state index contributed by atoms with van der Waals surface area (Å²) in [6.07, 6.45) is 1.06. The first-order valence-electron chi connectivity index (χ1n) is 12.0. The SMILES string of the molecule is Cc1ccc(Cl)cc1NS(=O)(=O)c1ccc(NC(=O)[C@H]2CCCN(S(=O)(=O)Cc3ccc(Cl)c(Cl)c3)C2)cc1. The van der Waals surface area contributed by atoms with Crippen LogP contribution in [0.4, 0.5) is 11.4 Å². The average molecular weight is 631 g/mol. The van der Waals surface area contributed by atoms with Crippen molar-refractivity contribution in [1.82, 2.24) is 4.31 Å². The Bertz CT molecular complexity index is 1600. The Kier molecular flexibility index (Phi) is 9.15. The summed E-state index contributed by atoms with van der Waals surface area (Å²) in [5.74, 6) is -1.15. The molecule has 0 aliphatic carbocycles. The lowest BCUT2D eigenvalue weighted by Gasteiger charge is -2.31. The summed E-state index contributed by atoms with van der Waals surface area (Å²) in [5.41, 5.74) is 1.99. The molecule has 1 atom stereocenters. The molecule has 1 heterocycles. The summed E-state index contributed by atoms with van der Waals surface area (Å²) in [6, 6.07) is 15.3.